The van der Waals surface area contributed by atoms with Crippen LogP contribution in [0.15, 0.2) is 24.3 Å². The Kier molecular flexibility index (Phi) is 3.34. The lowest BCUT2D eigenvalue weighted by Gasteiger charge is -2.49. The van der Waals surface area contributed by atoms with Gasteiger partial charge >= 0.3 is 0 Å². The van der Waals surface area contributed by atoms with E-state index in [9.17, 15) is 14.7 Å². The zero-order chi connectivity index (χ0) is 15.2. The summed E-state index contributed by atoms with van der Waals surface area (Å²) in [7, 11) is 0. The molecule has 1 aromatic carbocycles. The molecule has 1 saturated heterocycles. The second-order valence-corrected chi connectivity index (χ2v) is 6.28. The molecular formula is C16H20N2O3. The predicted octanol–water partition coefficient (Wildman–Crippen LogP) is 0.985. The largest absolute Gasteiger partial charge is 0.387 e. The summed E-state index contributed by atoms with van der Waals surface area (Å²) in [4.78, 5) is 27.8. The average Bonchev–Trinajstić information content (AvgIpc) is 2.67. The van der Waals surface area contributed by atoms with Gasteiger partial charge < -0.3 is 5.11 Å². The van der Waals surface area contributed by atoms with Crippen molar-refractivity contribution in [2.75, 3.05) is 26.2 Å². The van der Waals surface area contributed by atoms with Crippen LogP contribution in [0, 0.1) is 5.92 Å². The second kappa shape index (κ2) is 4.93. The van der Waals surface area contributed by atoms with Gasteiger partial charge in [-0.25, -0.2) is 0 Å². The van der Waals surface area contributed by atoms with Crippen LogP contribution in [0.25, 0.3) is 0 Å². The van der Waals surface area contributed by atoms with Crippen LogP contribution in [-0.2, 0) is 0 Å². The minimum Gasteiger partial charge on any atom is -0.387 e. The van der Waals surface area contributed by atoms with Gasteiger partial charge in [-0.2, -0.15) is 0 Å². The molecule has 2 aliphatic rings. The van der Waals surface area contributed by atoms with E-state index in [2.05, 4.69) is 4.90 Å². The number of likely N-dealkylation sites (tertiary alicyclic amines) is 1. The van der Waals surface area contributed by atoms with Gasteiger partial charge in [-0.3, -0.25) is 19.4 Å². The van der Waals surface area contributed by atoms with Gasteiger partial charge in [0.2, 0.25) is 0 Å². The molecule has 5 heteroatoms. The maximum absolute atomic E-state index is 12.2. The fourth-order valence-electron chi connectivity index (χ4n) is 2.94. The minimum absolute atomic E-state index is 0.213. The number of fused-ring (bicyclic) bond motifs is 1. The predicted molar refractivity (Wildman–Crippen MR) is 78.0 cm³/mol. The Balaban J connectivity index is 1.59. The number of hydrogen-bond acceptors (Lipinski definition) is 4. The first kappa shape index (κ1) is 14.2. The highest BCUT2D eigenvalue weighted by molar-refractivity contribution is 6.21. The van der Waals surface area contributed by atoms with Crippen molar-refractivity contribution in [3.05, 3.63) is 35.4 Å². The van der Waals surface area contributed by atoms with E-state index in [-0.39, 0.29) is 17.7 Å². The van der Waals surface area contributed by atoms with E-state index in [0.717, 1.165) is 0 Å². The highest BCUT2D eigenvalue weighted by Gasteiger charge is 2.44. The molecule has 3 rings (SSSR count). The molecule has 0 saturated carbocycles. The van der Waals surface area contributed by atoms with Crippen LogP contribution in [0.1, 0.15) is 34.6 Å². The number of nitrogens with zero attached hydrogens (tertiary/aromatic N) is 2. The molecular weight excluding hydrogens is 268 g/mol. The number of amides is 2. The number of β-amino-alcohol motifs (C(OH)–C–C–N with tert-alkyl or cyclic N) is 1. The SMILES string of the molecule is CC(C)C1(O)CN(CCN2C(=O)c3ccccc3C2=O)C1. The maximum atomic E-state index is 12.2. The molecule has 1 N–H and O–H groups in total. The first-order chi connectivity index (χ1) is 9.92. The highest BCUT2D eigenvalue weighted by Crippen LogP contribution is 2.29. The molecule has 0 spiro atoms. The summed E-state index contributed by atoms with van der Waals surface area (Å²) in [5.74, 6) is -0.210. The van der Waals surface area contributed by atoms with Crippen molar-refractivity contribution in [2.24, 2.45) is 5.92 Å². The first-order valence-corrected chi connectivity index (χ1v) is 7.32. The number of benzene rings is 1. The monoisotopic (exact) mass is 288 g/mol. The second-order valence-electron chi connectivity index (χ2n) is 6.28. The third kappa shape index (κ3) is 2.26. The number of rotatable bonds is 4. The molecule has 21 heavy (non-hydrogen) atoms. The van der Waals surface area contributed by atoms with Gasteiger partial charge in [0.05, 0.1) is 16.7 Å². The van der Waals surface area contributed by atoms with E-state index in [1.165, 1.54) is 4.90 Å². The summed E-state index contributed by atoms with van der Waals surface area (Å²) < 4.78 is 0. The molecule has 0 unspecified atom stereocenters. The zero-order valence-corrected chi connectivity index (χ0v) is 12.4. The Labute approximate surface area is 124 Å². The van der Waals surface area contributed by atoms with Crippen molar-refractivity contribution in [1.82, 2.24) is 9.80 Å². The maximum Gasteiger partial charge on any atom is 0.261 e. The summed E-state index contributed by atoms with van der Waals surface area (Å²) in [6.45, 7) is 6.20. The van der Waals surface area contributed by atoms with Gasteiger partial charge in [0, 0.05) is 26.2 Å². The van der Waals surface area contributed by atoms with Crippen molar-refractivity contribution in [3.8, 4) is 0 Å². The van der Waals surface area contributed by atoms with E-state index in [0.29, 0.717) is 37.3 Å². The van der Waals surface area contributed by atoms with Crippen molar-refractivity contribution >= 4 is 11.8 Å². The van der Waals surface area contributed by atoms with Gasteiger partial charge in [-0.15, -0.1) is 0 Å². The number of imide groups is 1. The molecule has 0 aliphatic carbocycles. The first-order valence-electron chi connectivity index (χ1n) is 7.32. The van der Waals surface area contributed by atoms with Crippen LogP contribution in [0.5, 0.6) is 0 Å². The molecule has 1 aromatic rings. The molecule has 0 bridgehead atoms. The lowest BCUT2D eigenvalue weighted by atomic mass is 9.83. The van der Waals surface area contributed by atoms with Gasteiger partial charge in [0.25, 0.3) is 11.8 Å². The fraction of sp³-hybridized carbons (Fsp3) is 0.500. The van der Waals surface area contributed by atoms with Gasteiger partial charge in [-0.1, -0.05) is 26.0 Å². The van der Waals surface area contributed by atoms with Gasteiger partial charge in [0.15, 0.2) is 0 Å². The Morgan fingerprint density at radius 2 is 1.62 bits per heavy atom. The van der Waals surface area contributed by atoms with Crippen molar-refractivity contribution in [2.45, 2.75) is 19.4 Å². The number of aliphatic hydroxyl groups is 1. The quantitative estimate of drug-likeness (QED) is 0.839. The number of carbonyl (C=O) groups is 2. The molecule has 5 nitrogen and oxygen atoms in total. The molecule has 0 radical (unpaired) electrons. The van der Waals surface area contributed by atoms with E-state index in [1.807, 2.05) is 13.8 Å². The molecule has 0 aromatic heterocycles. The molecule has 2 heterocycles. The lowest BCUT2D eigenvalue weighted by molar-refractivity contribution is -0.127. The zero-order valence-electron chi connectivity index (χ0n) is 12.4. The average molecular weight is 288 g/mol. The molecule has 0 atom stereocenters. The molecule has 2 amide bonds. The van der Waals surface area contributed by atoms with Crippen LogP contribution in [0.3, 0.4) is 0 Å². The Morgan fingerprint density at radius 3 is 2.10 bits per heavy atom. The van der Waals surface area contributed by atoms with Crippen molar-refractivity contribution in [1.29, 1.82) is 0 Å². The Morgan fingerprint density at radius 1 is 1.10 bits per heavy atom. The topological polar surface area (TPSA) is 60.9 Å². The third-order valence-corrected chi connectivity index (χ3v) is 4.59. The minimum atomic E-state index is -0.623. The summed E-state index contributed by atoms with van der Waals surface area (Å²) in [5.41, 5.74) is 0.358. The number of hydrogen-bond donors (Lipinski definition) is 1. The van der Waals surface area contributed by atoms with E-state index in [1.54, 1.807) is 24.3 Å². The summed E-state index contributed by atoms with van der Waals surface area (Å²) >= 11 is 0. The highest BCUT2D eigenvalue weighted by atomic mass is 16.3. The standard InChI is InChI=1S/C16H20N2O3/c1-11(2)16(21)9-17(10-16)7-8-18-14(19)12-5-3-4-6-13(12)15(18)20/h3-6,11,21H,7-10H2,1-2H3. The third-order valence-electron chi connectivity index (χ3n) is 4.59. The Bertz CT molecular complexity index is 556. The van der Waals surface area contributed by atoms with Gasteiger partial charge in [0.1, 0.15) is 0 Å². The van der Waals surface area contributed by atoms with E-state index < -0.39 is 5.60 Å². The smallest absolute Gasteiger partial charge is 0.261 e. The molecule has 2 aliphatic heterocycles. The van der Waals surface area contributed by atoms with Crippen LogP contribution in [-0.4, -0.2) is 58.5 Å². The van der Waals surface area contributed by atoms with Crippen LogP contribution in [0.4, 0.5) is 0 Å². The van der Waals surface area contributed by atoms with Crippen molar-refractivity contribution < 1.29 is 14.7 Å². The van der Waals surface area contributed by atoms with Crippen LogP contribution < -0.4 is 0 Å². The van der Waals surface area contributed by atoms with Crippen LogP contribution in [0.2, 0.25) is 0 Å². The summed E-state index contributed by atoms with van der Waals surface area (Å²) in [6, 6.07) is 6.92. The molecule has 1 fully saturated rings. The summed E-state index contributed by atoms with van der Waals surface area (Å²) in [6.07, 6.45) is 0. The summed E-state index contributed by atoms with van der Waals surface area (Å²) in [5, 5.41) is 10.2. The normalized spacial score (nSPS) is 20.9. The van der Waals surface area contributed by atoms with E-state index in [4.69, 9.17) is 0 Å². The molecule has 112 valence electrons. The fourth-order valence-corrected chi connectivity index (χ4v) is 2.94. The van der Waals surface area contributed by atoms with E-state index >= 15 is 0 Å². The van der Waals surface area contributed by atoms with Gasteiger partial charge in [-0.05, 0) is 18.1 Å². The Hall–Kier alpha value is -1.72. The van der Waals surface area contributed by atoms with Crippen LogP contribution >= 0.6 is 0 Å². The lowest BCUT2D eigenvalue weighted by Crippen LogP contribution is -2.65. The number of carbonyl (C=O) groups excluding carboxylic acids is 2. The van der Waals surface area contributed by atoms with Crippen molar-refractivity contribution in [3.63, 3.8) is 0 Å².